The van der Waals surface area contributed by atoms with Gasteiger partial charge in [0.15, 0.2) is 9.34 Å². The molecule has 0 saturated carbocycles. The maximum Gasteiger partial charge on any atom is 0.252 e. The quantitative estimate of drug-likeness (QED) is 0.847. The zero-order valence-electron chi connectivity index (χ0n) is 11.9. The summed E-state index contributed by atoms with van der Waals surface area (Å²) in [5.41, 5.74) is 6.02. The molecule has 3 N–H and O–H groups in total. The van der Waals surface area contributed by atoms with Gasteiger partial charge in [-0.25, -0.2) is 18.1 Å². The lowest BCUT2D eigenvalue weighted by Crippen LogP contribution is -2.32. The van der Waals surface area contributed by atoms with Crippen molar-refractivity contribution < 1.29 is 8.42 Å². The first kappa shape index (κ1) is 15.7. The van der Waals surface area contributed by atoms with Gasteiger partial charge in [-0.1, -0.05) is 11.3 Å². The normalized spacial score (nSPS) is 18.5. The summed E-state index contributed by atoms with van der Waals surface area (Å²) in [6.07, 6.45) is 3.18. The van der Waals surface area contributed by atoms with Crippen LogP contribution in [0.25, 0.3) is 0 Å². The Morgan fingerprint density at radius 2 is 2.10 bits per heavy atom. The summed E-state index contributed by atoms with van der Waals surface area (Å²) in [4.78, 5) is 6.26. The van der Waals surface area contributed by atoms with E-state index in [2.05, 4.69) is 21.7 Å². The van der Waals surface area contributed by atoms with E-state index in [1.54, 1.807) is 6.92 Å². The number of nitrogen functional groups attached to an aromatic ring is 1. The zero-order valence-corrected chi connectivity index (χ0v) is 13.6. The van der Waals surface area contributed by atoms with Crippen LogP contribution in [0.15, 0.2) is 4.21 Å². The van der Waals surface area contributed by atoms with Gasteiger partial charge in [0, 0.05) is 6.54 Å². The molecule has 2 heterocycles. The number of aryl methyl sites for hydroxylation is 1. The van der Waals surface area contributed by atoms with Crippen LogP contribution in [0.4, 0.5) is 5.13 Å². The van der Waals surface area contributed by atoms with Gasteiger partial charge in [0.05, 0.1) is 5.69 Å². The fourth-order valence-corrected chi connectivity index (χ4v) is 4.86. The van der Waals surface area contributed by atoms with Gasteiger partial charge in [-0.3, -0.25) is 0 Å². The molecule has 2 rings (SSSR count). The number of nitrogens with two attached hydrogens (primary N) is 1. The number of rotatable bonds is 5. The summed E-state index contributed by atoms with van der Waals surface area (Å²) < 4.78 is 27.2. The van der Waals surface area contributed by atoms with Gasteiger partial charge in [0.25, 0.3) is 10.0 Å². The maximum absolute atomic E-state index is 12.2. The van der Waals surface area contributed by atoms with E-state index in [1.165, 1.54) is 0 Å². The zero-order chi connectivity index (χ0) is 14.8. The van der Waals surface area contributed by atoms with Gasteiger partial charge in [-0.05, 0) is 52.2 Å². The fourth-order valence-electron chi connectivity index (χ4n) is 2.47. The third kappa shape index (κ3) is 3.91. The Hall–Kier alpha value is -0.700. The number of likely N-dealkylation sites (tertiary alicyclic amines) is 1. The molecule has 1 fully saturated rings. The highest BCUT2D eigenvalue weighted by molar-refractivity contribution is 7.91. The summed E-state index contributed by atoms with van der Waals surface area (Å²) >= 11 is 1.02. The third-order valence-electron chi connectivity index (χ3n) is 3.70. The molecule has 0 aliphatic carbocycles. The molecule has 114 valence electrons. The predicted molar refractivity (Wildman–Crippen MR) is 81.3 cm³/mol. The number of nitrogens with zero attached hydrogens (tertiary/aromatic N) is 2. The van der Waals surface area contributed by atoms with Crippen molar-refractivity contribution in [3.8, 4) is 0 Å². The second kappa shape index (κ2) is 6.38. The largest absolute Gasteiger partial charge is 0.375 e. The molecule has 1 saturated heterocycles. The molecule has 8 heteroatoms. The SMILES string of the molecule is Cc1nc(N)sc1S(=O)(=O)NCCC1CCN(C)CC1. The number of anilines is 1. The summed E-state index contributed by atoms with van der Waals surface area (Å²) in [6.45, 7) is 4.34. The Kier molecular flexibility index (Phi) is 5.00. The molecule has 0 radical (unpaired) electrons. The molecule has 1 aliphatic heterocycles. The van der Waals surface area contributed by atoms with Crippen LogP contribution in [0.1, 0.15) is 25.0 Å². The highest BCUT2D eigenvalue weighted by atomic mass is 32.2. The molecule has 1 aromatic rings. The molecule has 0 aromatic carbocycles. The number of piperidine rings is 1. The van der Waals surface area contributed by atoms with Crippen molar-refractivity contribution in [2.75, 3.05) is 32.4 Å². The predicted octanol–water partition coefficient (Wildman–Crippen LogP) is 1.04. The molecule has 1 aliphatic rings. The third-order valence-corrected chi connectivity index (χ3v) is 6.75. The Balaban J connectivity index is 1.85. The molecule has 0 atom stereocenters. The number of thiazole rings is 1. The first-order valence-electron chi connectivity index (χ1n) is 6.79. The van der Waals surface area contributed by atoms with Crippen molar-refractivity contribution in [3.05, 3.63) is 5.69 Å². The average Bonchev–Trinajstić information content (AvgIpc) is 2.72. The van der Waals surface area contributed by atoms with Crippen LogP contribution < -0.4 is 10.5 Å². The van der Waals surface area contributed by atoms with Gasteiger partial charge in [0.2, 0.25) is 0 Å². The number of hydrogen-bond acceptors (Lipinski definition) is 6. The van der Waals surface area contributed by atoms with Crippen molar-refractivity contribution in [2.24, 2.45) is 5.92 Å². The van der Waals surface area contributed by atoms with Gasteiger partial charge >= 0.3 is 0 Å². The molecule has 6 nitrogen and oxygen atoms in total. The van der Waals surface area contributed by atoms with E-state index in [0.717, 1.165) is 43.7 Å². The first-order valence-corrected chi connectivity index (χ1v) is 9.09. The Labute approximate surface area is 124 Å². The van der Waals surface area contributed by atoms with Crippen LogP contribution in [0.5, 0.6) is 0 Å². The van der Waals surface area contributed by atoms with E-state index < -0.39 is 10.0 Å². The molecular formula is C12H22N4O2S2. The second-order valence-corrected chi connectivity index (χ2v) is 8.35. The summed E-state index contributed by atoms with van der Waals surface area (Å²) in [6, 6.07) is 0. The Morgan fingerprint density at radius 1 is 1.45 bits per heavy atom. The van der Waals surface area contributed by atoms with Crippen LogP contribution in [-0.4, -0.2) is 45.0 Å². The smallest absolute Gasteiger partial charge is 0.252 e. The van der Waals surface area contributed by atoms with Crippen LogP contribution >= 0.6 is 11.3 Å². The lowest BCUT2D eigenvalue weighted by Gasteiger charge is -2.28. The number of hydrogen-bond donors (Lipinski definition) is 2. The van der Waals surface area contributed by atoms with Crippen LogP contribution in [-0.2, 0) is 10.0 Å². The van der Waals surface area contributed by atoms with Gasteiger partial charge < -0.3 is 10.6 Å². The topological polar surface area (TPSA) is 88.3 Å². The molecule has 0 bridgehead atoms. The summed E-state index contributed by atoms with van der Waals surface area (Å²) in [5, 5.41) is 0.290. The minimum absolute atomic E-state index is 0.235. The van der Waals surface area contributed by atoms with E-state index in [-0.39, 0.29) is 9.34 Å². The van der Waals surface area contributed by atoms with Crippen molar-refractivity contribution in [1.29, 1.82) is 0 Å². The average molecular weight is 318 g/mol. The van der Waals surface area contributed by atoms with E-state index in [0.29, 0.717) is 18.2 Å². The van der Waals surface area contributed by atoms with E-state index in [1.807, 2.05) is 0 Å². The van der Waals surface area contributed by atoms with Gasteiger partial charge in [0.1, 0.15) is 0 Å². The van der Waals surface area contributed by atoms with Gasteiger partial charge in [-0.15, -0.1) is 0 Å². The summed E-state index contributed by atoms with van der Waals surface area (Å²) in [7, 11) is -1.35. The van der Waals surface area contributed by atoms with Crippen LogP contribution in [0.2, 0.25) is 0 Å². The van der Waals surface area contributed by atoms with Crippen molar-refractivity contribution >= 4 is 26.5 Å². The standard InChI is InChI=1S/C12H22N4O2S2/c1-9-11(19-12(13)15-9)20(17,18)14-6-3-10-4-7-16(2)8-5-10/h10,14H,3-8H2,1-2H3,(H2,13,15). The lowest BCUT2D eigenvalue weighted by molar-refractivity contribution is 0.213. The molecule has 0 amide bonds. The van der Waals surface area contributed by atoms with Crippen molar-refractivity contribution in [2.45, 2.75) is 30.4 Å². The molecule has 1 aromatic heterocycles. The minimum atomic E-state index is -3.47. The van der Waals surface area contributed by atoms with Crippen LogP contribution in [0.3, 0.4) is 0 Å². The Morgan fingerprint density at radius 3 is 2.65 bits per heavy atom. The Bertz CT molecular complexity index is 548. The monoisotopic (exact) mass is 318 g/mol. The molecule has 0 unspecified atom stereocenters. The number of nitrogens with one attached hydrogen (secondary N) is 1. The van der Waals surface area contributed by atoms with E-state index in [4.69, 9.17) is 5.73 Å². The van der Waals surface area contributed by atoms with Crippen molar-refractivity contribution in [1.82, 2.24) is 14.6 Å². The molecule has 0 spiro atoms. The second-order valence-electron chi connectivity index (χ2n) is 5.36. The molecule has 20 heavy (non-hydrogen) atoms. The van der Waals surface area contributed by atoms with Crippen molar-refractivity contribution in [3.63, 3.8) is 0 Å². The highest BCUT2D eigenvalue weighted by Gasteiger charge is 2.22. The van der Waals surface area contributed by atoms with Crippen LogP contribution in [0, 0.1) is 12.8 Å². The first-order chi connectivity index (χ1) is 9.38. The van der Waals surface area contributed by atoms with Gasteiger partial charge in [-0.2, -0.15) is 0 Å². The lowest BCUT2D eigenvalue weighted by atomic mass is 9.94. The number of sulfonamides is 1. The fraction of sp³-hybridized carbons (Fsp3) is 0.750. The number of aromatic nitrogens is 1. The maximum atomic E-state index is 12.2. The minimum Gasteiger partial charge on any atom is -0.375 e. The summed E-state index contributed by atoms with van der Waals surface area (Å²) in [5.74, 6) is 0.613. The van der Waals surface area contributed by atoms with E-state index in [9.17, 15) is 8.42 Å². The van der Waals surface area contributed by atoms with E-state index >= 15 is 0 Å². The molecular weight excluding hydrogens is 296 g/mol. The highest BCUT2D eigenvalue weighted by Crippen LogP contribution is 2.25.